The molecule has 2 aliphatic rings. The van der Waals surface area contributed by atoms with Gasteiger partial charge in [-0.3, -0.25) is 9.69 Å². The molecule has 2 aromatic rings. The van der Waals surface area contributed by atoms with Crippen molar-refractivity contribution in [2.45, 2.75) is 41.5 Å². The molecule has 1 amide bonds. The number of sulfonamides is 1. The van der Waals surface area contributed by atoms with Crippen LogP contribution in [0, 0.1) is 12.8 Å². The zero-order valence-corrected chi connectivity index (χ0v) is 19.2. The molecule has 0 radical (unpaired) electrons. The fraction of sp³-hybridized carbons (Fsp3) is 0.409. The number of primary amides is 1. The van der Waals surface area contributed by atoms with Gasteiger partial charge in [0.15, 0.2) is 0 Å². The highest BCUT2D eigenvalue weighted by Crippen LogP contribution is 2.45. The zero-order chi connectivity index (χ0) is 22.2. The van der Waals surface area contributed by atoms with Crippen molar-refractivity contribution in [3.63, 3.8) is 0 Å². The summed E-state index contributed by atoms with van der Waals surface area (Å²) in [7, 11) is -3.69. The van der Waals surface area contributed by atoms with Gasteiger partial charge in [-0.1, -0.05) is 30.0 Å². The number of likely N-dealkylation sites (tertiary alicyclic amines) is 1. The second-order valence-electron chi connectivity index (χ2n) is 8.28. The lowest BCUT2D eigenvalue weighted by atomic mass is 9.98. The van der Waals surface area contributed by atoms with Crippen LogP contribution in [-0.2, 0) is 21.2 Å². The lowest BCUT2D eigenvalue weighted by Crippen LogP contribution is -2.51. The minimum absolute atomic E-state index is 0.104. The minimum Gasteiger partial charge on any atom is -0.369 e. The van der Waals surface area contributed by atoms with E-state index in [9.17, 15) is 13.2 Å². The molecular weight excluding hydrogens is 432 g/mol. The van der Waals surface area contributed by atoms with E-state index in [1.165, 1.54) is 16.1 Å². The zero-order valence-electron chi connectivity index (χ0n) is 17.5. The van der Waals surface area contributed by atoms with E-state index in [0.29, 0.717) is 6.54 Å². The van der Waals surface area contributed by atoms with Crippen molar-refractivity contribution < 1.29 is 13.2 Å². The molecule has 2 aliphatic heterocycles. The predicted octanol–water partition coefficient (Wildman–Crippen LogP) is 2.28. The topological polar surface area (TPSA) is 110 Å². The quantitative estimate of drug-likeness (QED) is 0.684. The van der Waals surface area contributed by atoms with Gasteiger partial charge in [-0.25, -0.2) is 13.6 Å². The number of aryl methyl sites for hydroxylation is 1. The Morgan fingerprint density at radius 1 is 1.19 bits per heavy atom. The summed E-state index contributed by atoms with van der Waals surface area (Å²) >= 11 is 1.82. The van der Waals surface area contributed by atoms with Crippen LogP contribution in [-0.4, -0.2) is 44.4 Å². The molecule has 9 heteroatoms. The SMILES string of the molecule is Cc1ccc2c(c1)SC(N1CCCC(C(N)=O)C1)N2CCc1ccc(S(N)(=O)=O)cc1. The molecule has 0 aliphatic carbocycles. The highest BCUT2D eigenvalue weighted by Gasteiger charge is 2.37. The second-order valence-corrected chi connectivity index (χ2v) is 10.9. The van der Waals surface area contributed by atoms with Crippen LogP contribution in [0.3, 0.4) is 0 Å². The molecule has 1 fully saturated rings. The fourth-order valence-corrected chi connectivity index (χ4v) is 6.28. The number of primary sulfonamides is 1. The first-order chi connectivity index (χ1) is 14.7. The third-order valence-corrected chi connectivity index (χ3v) is 8.26. The van der Waals surface area contributed by atoms with Crippen molar-refractivity contribution in [1.82, 2.24) is 4.90 Å². The number of piperidine rings is 1. The Hall–Kier alpha value is -2.07. The maximum atomic E-state index is 11.8. The highest BCUT2D eigenvalue weighted by molar-refractivity contribution is 8.00. The molecular formula is C22H28N4O3S2. The number of fused-ring (bicyclic) bond motifs is 1. The molecule has 4 rings (SSSR count). The van der Waals surface area contributed by atoms with Crippen LogP contribution < -0.4 is 15.8 Å². The van der Waals surface area contributed by atoms with Crippen LogP contribution in [0.25, 0.3) is 0 Å². The molecule has 1 saturated heterocycles. The number of anilines is 1. The number of carbonyl (C=O) groups excluding carboxylic acids is 1. The molecule has 166 valence electrons. The van der Waals surface area contributed by atoms with Gasteiger partial charge in [0.25, 0.3) is 0 Å². The van der Waals surface area contributed by atoms with Crippen LogP contribution in [0.4, 0.5) is 5.69 Å². The number of hydrogen-bond donors (Lipinski definition) is 2. The summed E-state index contributed by atoms with van der Waals surface area (Å²) in [6.07, 6.45) is 2.58. The van der Waals surface area contributed by atoms with Gasteiger partial charge in [0.05, 0.1) is 16.5 Å². The molecule has 2 aromatic carbocycles. The lowest BCUT2D eigenvalue weighted by Gasteiger charge is -2.39. The molecule has 0 saturated carbocycles. The summed E-state index contributed by atoms with van der Waals surface area (Å²) in [6, 6.07) is 13.2. The lowest BCUT2D eigenvalue weighted by molar-refractivity contribution is -0.123. The van der Waals surface area contributed by atoms with Crippen LogP contribution in [0.5, 0.6) is 0 Å². The number of rotatable bonds is 6. The van der Waals surface area contributed by atoms with Crippen molar-refractivity contribution >= 4 is 33.4 Å². The van der Waals surface area contributed by atoms with Gasteiger partial charge < -0.3 is 10.6 Å². The number of amides is 1. The number of carbonyl (C=O) groups is 1. The van der Waals surface area contributed by atoms with Crippen LogP contribution in [0.1, 0.15) is 24.0 Å². The van der Waals surface area contributed by atoms with Gasteiger partial charge in [-0.05, 0) is 61.6 Å². The van der Waals surface area contributed by atoms with Crippen molar-refractivity contribution in [2.75, 3.05) is 24.5 Å². The van der Waals surface area contributed by atoms with E-state index >= 15 is 0 Å². The second kappa shape index (κ2) is 8.82. The summed E-state index contributed by atoms with van der Waals surface area (Å²) in [4.78, 5) is 17.9. The maximum absolute atomic E-state index is 11.8. The summed E-state index contributed by atoms with van der Waals surface area (Å²) in [5.41, 5.74) is 9.19. The standard InChI is InChI=1S/C22H28N4O3S2/c1-15-4-9-19-20(13-15)30-22(25-11-2-3-17(14-25)21(23)27)26(19)12-10-16-5-7-18(8-6-16)31(24,28)29/h4-9,13,17,22H,2-3,10-12,14H2,1H3,(H2,23,27)(H2,24,28,29). The largest absolute Gasteiger partial charge is 0.369 e. The summed E-state index contributed by atoms with van der Waals surface area (Å²) in [5, 5.41) is 5.20. The molecule has 0 bridgehead atoms. The third kappa shape index (κ3) is 4.90. The Balaban J connectivity index is 1.54. The first-order valence-corrected chi connectivity index (χ1v) is 12.8. The number of nitrogens with zero attached hydrogens (tertiary/aromatic N) is 2. The molecule has 4 N–H and O–H groups in total. The van der Waals surface area contributed by atoms with Crippen LogP contribution in [0.2, 0.25) is 0 Å². The molecule has 2 atom stereocenters. The van der Waals surface area contributed by atoms with Gasteiger partial charge in [-0.2, -0.15) is 0 Å². The first-order valence-electron chi connectivity index (χ1n) is 10.4. The van der Waals surface area contributed by atoms with Crippen LogP contribution in [0.15, 0.2) is 52.3 Å². The van der Waals surface area contributed by atoms with Crippen molar-refractivity contribution in [3.05, 3.63) is 53.6 Å². The average Bonchev–Trinajstić information content (AvgIpc) is 3.09. The Labute approximate surface area is 187 Å². The number of thioether (sulfide) groups is 1. The average molecular weight is 461 g/mol. The summed E-state index contributed by atoms with van der Waals surface area (Å²) in [5.74, 6) is -0.324. The van der Waals surface area contributed by atoms with Crippen molar-refractivity contribution in [2.24, 2.45) is 16.8 Å². The third-order valence-electron chi connectivity index (χ3n) is 5.98. The van der Waals surface area contributed by atoms with E-state index in [0.717, 1.165) is 37.9 Å². The van der Waals surface area contributed by atoms with Crippen molar-refractivity contribution in [3.8, 4) is 0 Å². The highest BCUT2D eigenvalue weighted by atomic mass is 32.2. The van der Waals surface area contributed by atoms with Crippen LogP contribution >= 0.6 is 11.8 Å². The van der Waals surface area contributed by atoms with Crippen molar-refractivity contribution in [1.29, 1.82) is 0 Å². The monoisotopic (exact) mass is 460 g/mol. The molecule has 0 aromatic heterocycles. The number of hydrogen-bond acceptors (Lipinski definition) is 6. The smallest absolute Gasteiger partial charge is 0.238 e. The summed E-state index contributed by atoms with van der Waals surface area (Å²) in [6.45, 7) is 4.49. The fourth-order valence-electron chi connectivity index (χ4n) is 4.29. The Morgan fingerprint density at radius 2 is 1.94 bits per heavy atom. The van der Waals surface area contributed by atoms with E-state index < -0.39 is 10.0 Å². The Morgan fingerprint density at radius 3 is 2.61 bits per heavy atom. The maximum Gasteiger partial charge on any atom is 0.238 e. The minimum atomic E-state index is -3.69. The van der Waals surface area contributed by atoms with Gasteiger partial charge >= 0.3 is 0 Å². The van der Waals surface area contributed by atoms with Gasteiger partial charge in [0.1, 0.15) is 5.50 Å². The molecule has 0 spiro atoms. The van der Waals surface area contributed by atoms with Gasteiger partial charge in [0, 0.05) is 24.5 Å². The van der Waals surface area contributed by atoms with Gasteiger partial charge in [0.2, 0.25) is 15.9 Å². The first kappa shape index (κ1) is 22.1. The molecule has 7 nitrogen and oxygen atoms in total. The molecule has 31 heavy (non-hydrogen) atoms. The van der Waals surface area contributed by atoms with E-state index in [1.54, 1.807) is 12.1 Å². The number of nitrogens with two attached hydrogens (primary N) is 2. The Kier molecular flexibility index (Phi) is 6.30. The molecule has 2 heterocycles. The van der Waals surface area contributed by atoms with Gasteiger partial charge in [-0.15, -0.1) is 0 Å². The normalized spacial score (nSPS) is 21.8. The summed E-state index contributed by atoms with van der Waals surface area (Å²) < 4.78 is 23.0. The van der Waals surface area contributed by atoms with E-state index in [2.05, 4.69) is 34.9 Å². The predicted molar refractivity (Wildman–Crippen MR) is 123 cm³/mol. The molecule has 2 unspecified atom stereocenters. The van der Waals surface area contributed by atoms with E-state index in [1.807, 2.05) is 23.9 Å². The number of benzene rings is 2. The van der Waals surface area contributed by atoms with E-state index in [-0.39, 0.29) is 22.2 Å². The Bertz CT molecular complexity index is 1070. The van der Waals surface area contributed by atoms with E-state index in [4.69, 9.17) is 10.9 Å².